The standard InChI is InChI=1S/C16H18N4O4/c1-9(7-12-5-4-6-23-12)17-13(21)8-20-16(22)15-14(10(2)18-20)11(3)24-19-15/h4-6,9H,7-8H2,1-3H3,(H,17,21)/t9-/m0/s1. The van der Waals surface area contributed by atoms with Crippen molar-refractivity contribution in [1.29, 1.82) is 0 Å². The van der Waals surface area contributed by atoms with Gasteiger partial charge in [-0.05, 0) is 32.9 Å². The highest BCUT2D eigenvalue weighted by Crippen LogP contribution is 2.16. The molecule has 0 bridgehead atoms. The summed E-state index contributed by atoms with van der Waals surface area (Å²) in [5, 5.41) is 11.4. The number of hydrogen-bond acceptors (Lipinski definition) is 6. The topological polar surface area (TPSA) is 103 Å². The Labute approximate surface area is 137 Å². The van der Waals surface area contributed by atoms with Crippen LogP contribution in [0.3, 0.4) is 0 Å². The number of nitrogens with one attached hydrogen (secondary N) is 1. The molecule has 0 radical (unpaired) electrons. The molecule has 0 fully saturated rings. The summed E-state index contributed by atoms with van der Waals surface area (Å²) >= 11 is 0. The van der Waals surface area contributed by atoms with E-state index in [1.54, 1.807) is 26.2 Å². The molecule has 8 nitrogen and oxygen atoms in total. The molecule has 3 rings (SSSR count). The Morgan fingerprint density at radius 3 is 2.92 bits per heavy atom. The largest absolute Gasteiger partial charge is 0.469 e. The van der Waals surface area contributed by atoms with Crippen molar-refractivity contribution < 1.29 is 13.7 Å². The first-order chi connectivity index (χ1) is 11.5. The molecule has 24 heavy (non-hydrogen) atoms. The van der Waals surface area contributed by atoms with E-state index in [9.17, 15) is 9.59 Å². The summed E-state index contributed by atoms with van der Waals surface area (Å²) in [5.74, 6) is 1.02. The van der Waals surface area contributed by atoms with Crippen LogP contribution in [0.15, 0.2) is 32.1 Å². The molecule has 3 aromatic heterocycles. The van der Waals surface area contributed by atoms with Crippen molar-refractivity contribution in [2.45, 2.75) is 39.8 Å². The van der Waals surface area contributed by atoms with Gasteiger partial charge in [-0.2, -0.15) is 5.10 Å². The Balaban J connectivity index is 1.73. The van der Waals surface area contributed by atoms with Crippen LogP contribution < -0.4 is 10.9 Å². The Morgan fingerprint density at radius 2 is 2.21 bits per heavy atom. The highest BCUT2D eigenvalue weighted by atomic mass is 16.5. The van der Waals surface area contributed by atoms with Gasteiger partial charge in [-0.25, -0.2) is 4.68 Å². The third-order valence-electron chi connectivity index (χ3n) is 3.72. The lowest BCUT2D eigenvalue weighted by Gasteiger charge is -2.13. The summed E-state index contributed by atoms with van der Waals surface area (Å²) in [6.07, 6.45) is 2.16. The second-order valence-electron chi connectivity index (χ2n) is 5.76. The van der Waals surface area contributed by atoms with E-state index in [2.05, 4.69) is 15.6 Å². The Kier molecular flexibility index (Phi) is 4.20. The lowest BCUT2D eigenvalue weighted by Crippen LogP contribution is -2.39. The van der Waals surface area contributed by atoms with Crippen molar-refractivity contribution in [2.24, 2.45) is 0 Å². The number of carbonyl (C=O) groups is 1. The van der Waals surface area contributed by atoms with Gasteiger partial charge in [-0.15, -0.1) is 0 Å². The van der Waals surface area contributed by atoms with E-state index in [1.807, 2.05) is 13.0 Å². The monoisotopic (exact) mass is 330 g/mol. The lowest BCUT2D eigenvalue weighted by atomic mass is 10.2. The van der Waals surface area contributed by atoms with Crippen molar-refractivity contribution in [1.82, 2.24) is 20.3 Å². The van der Waals surface area contributed by atoms with Crippen LogP contribution in [-0.2, 0) is 17.8 Å². The molecule has 1 amide bonds. The molecule has 1 atom stereocenters. The fourth-order valence-corrected chi connectivity index (χ4v) is 2.69. The van der Waals surface area contributed by atoms with Gasteiger partial charge < -0.3 is 14.3 Å². The molecule has 0 aliphatic heterocycles. The summed E-state index contributed by atoms with van der Waals surface area (Å²) < 4.78 is 11.4. The molecule has 126 valence electrons. The van der Waals surface area contributed by atoms with E-state index in [-0.39, 0.29) is 24.0 Å². The highest BCUT2D eigenvalue weighted by Gasteiger charge is 2.17. The van der Waals surface area contributed by atoms with E-state index in [1.165, 1.54) is 0 Å². The lowest BCUT2D eigenvalue weighted by molar-refractivity contribution is -0.122. The Bertz CT molecular complexity index is 924. The number of nitrogens with zero attached hydrogens (tertiary/aromatic N) is 3. The third-order valence-corrected chi connectivity index (χ3v) is 3.72. The van der Waals surface area contributed by atoms with Crippen molar-refractivity contribution in [2.75, 3.05) is 0 Å². The predicted molar refractivity (Wildman–Crippen MR) is 85.6 cm³/mol. The second-order valence-corrected chi connectivity index (χ2v) is 5.76. The van der Waals surface area contributed by atoms with Crippen LogP contribution in [-0.4, -0.2) is 26.9 Å². The van der Waals surface area contributed by atoms with Crippen molar-refractivity contribution in [3.63, 3.8) is 0 Å². The summed E-state index contributed by atoms with van der Waals surface area (Å²) in [7, 11) is 0. The number of amides is 1. The number of hydrogen-bond donors (Lipinski definition) is 1. The fraction of sp³-hybridized carbons (Fsp3) is 0.375. The van der Waals surface area contributed by atoms with Gasteiger partial charge in [-0.3, -0.25) is 9.59 Å². The normalized spacial score (nSPS) is 12.5. The average molecular weight is 330 g/mol. The maximum Gasteiger partial charge on any atom is 0.297 e. The molecule has 0 aliphatic carbocycles. The van der Waals surface area contributed by atoms with Gasteiger partial charge in [0.05, 0.1) is 17.3 Å². The molecule has 8 heteroatoms. The summed E-state index contributed by atoms with van der Waals surface area (Å²) in [4.78, 5) is 24.5. The maximum absolute atomic E-state index is 12.4. The summed E-state index contributed by atoms with van der Waals surface area (Å²) in [6.45, 7) is 5.16. The van der Waals surface area contributed by atoms with E-state index >= 15 is 0 Å². The van der Waals surface area contributed by atoms with Crippen LogP contribution >= 0.6 is 0 Å². The van der Waals surface area contributed by atoms with E-state index in [0.717, 1.165) is 10.4 Å². The molecule has 0 aliphatic rings. The minimum absolute atomic E-state index is 0.126. The number of furan rings is 1. The fourth-order valence-electron chi connectivity index (χ4n) is 2.69. The minimum atomic E-state index is -0.443. The first-order valence-electron chi connectivity index (χ1n) is 7.61. The quantitative estimate of drug-likeness (QED) is 0.757. The van der Waals surface area contributed by atoms with Gasteiger partial charge >= 0.3 is 0 Å². The summed E-state index contributed by atoms with van der Waals surface area (Å²) in [5.41, 5.74) is 0.345. The Morgan fingerprint density at radius 1 is 1.42 bits per heavy atom. The van der Waals surface area contributed by atoms with Gasteiger partial charge in [0, 0.05) is 12.5 Å². The molecular formula is C16H18N4O4. The van der Waals surface area contributed by atoms with Crippen LogP contribution in [0.4, 0.5) is 0 Å². The van der Waals surface area contributed by atoms with Crippen LogP contribution in [0, 0.1) is 13.8 Å². The van der Waals surface area contributed by atoms with E-state index in [4.69, 9.17) is 8.94 Å². The predicted octanol–water partition coefficient (Wildman–Crippen LogP) is 1.34. The molecule has 0 unspecified atom stereocenters. The molecular weight excluding hydrogens is 312 g/mol. The maximum atomic E-state index is 12.4. The first-order valence-corrected chi connectivity index (χ1v) is 7.61. The molecule has 1 N–H and O–H groups in total. The zero-order valence-corrected chi connectivity index (χ0v) is 13.7. The smallest absolute Gasteiger partial charge is 0.297 e. The number of rotatable bonds is 5. The molecule has 0 saturated heterocycles. The zero-order valence-electron chi connectivity index (χ0n) is 13.7. The van der Waals surface area contributed by atoms with E-state index in [0.29, 0.717) is 23.3 Å². The molecule has 3 aromatic rings. The van der Waals surface area contributed by atoms with Crippen molar-refractivity contribution in [3.05, 3.63) is 46.0 Å². The average Bonchev–Trinajstić information content (AvgIpc) is 3.14. The molecule has 0 spiro atoms. The molecule has 3 heterocycles. The van der Waals surface area contributed by atoms with Gasteiger partial charge in [0.25, 0.3) is 5.56 Å². The van der Waals surface area contributed by atoms with Gasteiger partial charge in [0.15, 0.2) is 5.52 Å². The van der Waals surface area contributed by atoms with E-state index < -0.39 is 5.56 Å². The third kappa shape index (κ3) is 3.08. The Hall–Kier alpha value is -2.90. The van der Waals surface area contributed by atoms with Crippen LogP contribution in [0.25, 0.3) is 10.9 Å². The van der Waals surface area contributed by atoms with Crippen molar-refractivity contribution >= 4 is 16.8 Å². The van der Waals surface area contributed by atoms with Crippen LogP contribution in [0.1, 0.15) is 24.1 Å². The minimum Gasteiger partial charge on any atom is -0.469 e. The van der Waals surface area contributed by atoms with Gasteiger partial charge in [-0.1, -0.05) is 5.16 Å². The highest BCUT2D eigenvalue weighted by molar-refractivity contribution is 5.82. The van der Waals surface area contributed by atoms with Crippen LogP contribution in [0.2, 0.25) is 0 Å². The zero-order chi connectivity index (χ0) is 17.3. The summed E-state index contributed by atoms with van der Waals surface area (Å²) in [6, 6.07) is 3.52. The van der Waals surface area contributed by atoms with Crippen LogP contribution in [0.5, 0.6) is 0 Å². The molecule has 0 aromatic carbocycles. The number of aryl methyl sites for hydroxylation is 2. The molecule has 0 saturated carbocycles. The SMILES string of the molecule is Cc1nn(CC(=O)N[C@@H](C)Cc2ccco2)c(=O)c2noc(C)c12. The number of carbonyl (C=O) groups excluding carboxylic acids is 1. The van der Waals surface area contributed by atoms with Gasteiger partial charge in [0.1, 0.15) is 18.1 Å². The van der Waals surface area contributed by atoms with Crippen molar-refractivity contribution in [3.8, 4) is 0 Å². The second kappa shape index (κ2) is 6.31. The number of aromatic nitrogens is 3. The number of fused-ring (bicyclic) bond motifs is 1. The first kappa shape index (κ1) is 16.0. The van der Waals surface area contributed by atoms with Gasteiger partial charge in [0.2, 0.25) is 5.91 Å².